The highest BCUT2D eigenvalue weighted by molar-refractivity contribution is 6.31. The van der Waals surface area contributed by atoms with E-state index in [0.717, 1.165) is 0 Å². The normalized spacial score (nSPS) is 10.8. The summed E-state index contributed by atoms with van der Waals surface area (Å²) in [7, 11) is 0. The van der Waals surface area contributed by atoms with Crippen LogP contribution in [0.3, 0.4) is 0 Å². The molecule has 0 radical (unpaired) electrons. The van der Waals surface area contributed by atoms with Gasteiger partial charge in [-0.3, -0.25) is 9.78 Å². The number of hydrogen-bond donors (Lipinski definition) is 1. The van der Waals surface area contributed by atoms with Crippen LogP contribution in [0.5, 0.6) is 0 Å². The molecule has 0 amide bonds. The van der Waals surface area contributed by atoms with Gasteiger partial charge in [0.05, 0.1) is 10.4 Å². The van der Waals surface area contributed by atoms with Gasteiger partial charge < -0.3 is 4.98 Å². The van der Waals surface area contributed by atoms with Crippen molar-refractivity contribution in [1.82, 2.24) is 15.0 Å². The second-order valence-corrected chi connectivity index (χ2v) is 4.32. The van der Waals surface area contributed by atoms with E-state index in [1.807, 2.05) is 0 Å². The molecule has 0 unspecified atom stereocenters. The second-order valence-electron chi connectivity index (χ2n) is 3.91. The topological polar surface area (TPSA) is 58.6 Å². The number of pyridine rings is 1. The fourth-order valence-electron chi connectivity index (χ4n) is 1.79. The summed E-state index contributed by atoms with van der Waals surface area (Å²) in [6.07, 6.45) is 3.13. The zero-order valence-electron chi connectivity index (χ0n) is 9.52. The van der Waals surface area contributed by atoms with Crippen molar-refractivity contribution in [3.05, 3.63) is 57.9 Å². The number of benzene rings is 1. The Balaban J connectivity index is 2.36. The lowest BCUT2D eigenvalue weighted by Gasteiger charge is -2.04. The molecule has 19 heavy (non-hydrogen) atoms. The summed E-state index contributed by atoms with van der Waals surface area (Å²) in [6, 6.07) is 6.20. The second kappa shape index (κ2) is 4.44. The van der Waals surface area contributed by atoms with Crippen molar-refractivity contribution >= 4 is 22.5 Å². The maximum atomic E-state index is 13.9. The molecule has 0 bridgehead atoms. The Morgan fingerprint density at radius 2 is 2.11 bits per heavy atom. The van der Waals surface area contributed by atoms with E-state index in [2.05, 4.69) is 15.0 Å². The minimum Gasteiger partial charge on any atom is -0.306 e. The molecule has 94 valence electrons. The molecular weight excluding hydrogens is 269 g/mol. The highest BCUT2D eigenvalue weighted by Gasteiger charge is 2.12. The molecule has 3 aromatic rings. The maximum Gasteiger partial charge on any atom is 0.259 e. The molecule has 0 saturated carbocycles. The first-order valence-corrected chi connectivity index (χ1v) is 5.83. The van der Waals surface area contributed by atoms with E-state index >= 15 is 0 Å². The van der Waals surface area contributed by atoms with Crippen LogP contribution in [0.2, 0.25) is 5.02 Å². The quantitative estimate of drug-likeness (QED) is 0.743. The highest BCUT2D eigenvalue weighted by atomic mass is 35.5. The zero-order chi connectivity index (χ0) is 13.4. The van der Waals surface area contributed by atoms with Crippen LogP contribution in [0, 0.1) is 5.82 Å². The van der Waals surface area contributed by atoms with Crippen molar-refractivity contribution < 1.29 is 4.39 Å². The molecule has 0 atom stereocenters. The predicted molar refractivity (Wildman–Crippen MR) is 70.6 cm³/mol. The van der Waals surface area contributed by atoms with Gasteiger partial charge in [0, 0.05) is 18.0 Å². The average Bonchev–Trinajstić information content (AvgIpc) is 2.44. The molecule has 0 aliphatic heterocycles. The smallest absolute Gasteiger partial charge is 0.259 e. The van der Waals surface area contributed by atoms with E-state index in [9.17, 15) is 9.18 Å². The van der Waals surface area contributed by atoms with Crippen LogP contribution >= 0.6 is 11.6 Å². The van der Waals surface area contributed by atoms with Crippen molar-refractivity contribution in [3.63, 3.8) is 0 Å². The first-order chi connectivity index (χ1) is 9.16. The number of aromatic nitrogens is 3. The highest BCUT2D eigenvalue weighted by Crippen LogP contribution is 2.22. The van der Waals surface area contributed by atoms with Gasteiger partial charge in [-0.1, -0.05) is 11.6 Å². The number of nitrogens with one attached hydrogen (secondary N) is 1. The Bertz CT molecular complexity index is 817. The maximum absolute atomic E-state index is 13.9. The number of fused-ring (bicyclic) bond motifs is 1. The van der Waals surface area contributed by atoms with Gasteiger partial charge in [0.25, 0.3) is 5.56 Å². The van der Waals surface area contributed by atoms with E-state index in [4.69, 9.17) is 11.6 Å². The van der Waals surface area contributed by atoms with Crippen molar-refractivity contribution in [2.24, 2.45) is 0 Å². The third kappa shape index (κ3) is 1.98. The fourth-order valence-corrected chi connectivity index (χ4v) is 1.94. The molecule has 0 aliphatic rings. The van der Waals surface area contributed by atoms with Crippen LogP contribution in [-0.2, 0) is 0 Å². The number of rotatable bonds is 1. The predicted octanol–water partition coefficient (Wildman–Crippen LogP) is 2.78. The van der Waals surface area contributed by atoms with Crippen molar-refractivity contribution in [2.75, 3.05) is 0 Å². The van der Waals surface area contributed by atoms with Crippen LogP contribution in [0.15, 0.2) is 41.5 Å². The summed E-state index contributed by atoms with van der Waals surface area (Å²) in [5.74, 6) is -0.442. The molecule has 6 heteroatoms. The lowest BCUT2D eigenvalue weighted by Crippen LogP contribution is -2.10. The monoisotopic (exact) mass is 275 g/mol. The first-order valence-electron chi connectivity index (χ1n) is 5.45. The number of halogens is 2. The Labute approximate surface area is 111 Å². The van der Waals surface area contributed by atoms with Crippen molar-refractivity contribution in [2.45, 2.75) is 0 Å². The molecule has 2 aromatic heterocycles. The van der Waals surface area contributed by atoms with Crippen LogP contribution < -0.4 is 5.56 Å². The molecule has 0 fully saturated rings. The molecule has 4 nitrogen and oxygen atoms in total. The molecule has 1 N–H and O–H groups in total. The molecule has 0 spiro atoms. The van der Waals surface area contributed by atoms with Gasteiger partial charge in [0.2, 0.25) is 0 Å². The summed E-state index contributed by atoms with van der Waals surface area (Å²) in [4.78, 5) is 22.5. The van der Waals surface area contributed by atoms with E-state index in [1.165, 1.54) is 18.3 Å². The van der Waals surface area contributed by atoms with Gasteiger partial charge in [-0.05, 0) is 24.3 Å². The van der Waals surface area contributed by atoms with E-state index in [1.54, 1.807) is 18.3 Å². The lowest BCUT2D eigenvalue weighted by molar-refractivity contribution is 0.637. The number of aromatic amines is 1. The summed E-state index contributed by atoms with van der Waals surface area (Å²) >= 11 is 5.70. The van der Waals surface area contributed by atoms with Crippen molar-refractivity contribution in [1.29, 1.82) is 0 Å². The van der Waals surface area contributed by atoms with Gasteiger partial charge in [0.15, 0.2) is 5.82 Å². The number of H-pyrrole nitrogens is 1. The minimum absolute atomic E-state index is 0.0462. The summed E-state index contributed by atoms with van der Waals surface area (Å²) in [6.45, 7) is 0. The largest absolute Gasteiger partial charge is 0.306 e. The van der Waals surface area contributed by atoms with Crippen LogP contribution in [0.4, 0.5) is 4.39 Å². The van der Waals surface area contributed by atoms with Crippen LogP contribution in [-0.4, -0.2) is 15.0 Å². The van der Waals surface area contributed by atoms with E-state index < -0.39 is 11.4 Å². The van der Waals surface area contributed by atoms with Gasteiger partial charge >= 0.3 is 0 Å². The molecule has 3 rings (SSSR count). The molecule has 2 heterocycles. The molecule has 0 aliphatic carbocycles. The SMILES string of the molecule is O=c1[nH]c(-c2cccnc2)nc2c(F)c(Cl)ccc12. The Morgan fingerprint density at radius 3 is 2.84 bits per heavy atom. The fraction of sp³-hybridized carbons (Fsp3) is 0. The van der Waals surface area contributed by atoms with Crippen LogP contribution in [0.1, 0.15) is 0 Å². The molecular formula is C13H7ClFN3O. The summed E-state index contributed by atoms with van der Waals surface area (Å²) < 4.78 is 13.9. The Hall–Kier alpha value is -2.27. The minimum atomic E-state index is -0.699. The Kier molecular flexibility index (Phi) is 2.76. The molecule has 1 aromatic carbocycles. The van der Waals surface area contributed by atoms with Crippen LogP contribution in [0.25, 0.3) is 22.3 Å². The van der Waals surface area contributed by atoms with E-state index in [-0.39, 0.29) is 21.7 Å². The average molecular weight is 276 g/mol. The number of nitrogens with zero attached hydrogens (tertiary/aromatic N) is 2. The third-order valence-corrected chi connectivity index (χ3v) is 3.00. The van der Waals surface area contributed by atoms with Gasteiger partial charge in [-0.2, -0.15) is 0 Å². The standard InChI is InChI=1S/C13H7ClFN3O/c14-9-4-3-8-11(10(9)15)17-12(18-13(8)19)7-2-1-5-16-6-7/h1-6H,(H,17,18,19). The van der Waals surface area contributed by atoms with E-state index in [0.29, 0.717) is 5.56 Å². The first kappa shape index (κ1) is 11.8. The summed E-state index contributed by atoms with van der Waals surface area (Å²) in [5.41, 5.74) is 0.135. The van der Waals surface area contributed by atoms with Crippen molar-refractivity contribution in [3.8, 4) is 11.4 Å². The Morgan fingerprint density at radius 1 is 1.26 bits per heavy atom. The lowest BCUT2D eigenvalue weighted by atomic mass is 10.2. The van der Waals surface area contributed by atoms with Gasteiger partial charge in [-0.25, -0.2) is 9.37 Å². The van der Waals surface area contributed by atoms with Gasteiger partial charge in [0.1, 0.15) is 11.3 Å². The number of hydrogen-bond acceptors (Lipinski definition) is 3. The summed E-state index contributed by atoms with van der Waals surface area (Å²) in [5, 5.41) is 0.0947. The zero-order valence-corrected chi connectivity index (χ0v) is 10.3. The van der Waals surface area contributed by atoms with Gasteiger partial charge in [-0.15, -0.1) is 0 Å². The third-order valence-electron chi connectivity index (χ3n) is 2.70. The molecule has 0 saturated heterocycles.